The van der Waals surface area contributed by atoms with Crippen LogP contribution >= 0.6 is 11.3 Å². The van der Waals surface area contributed by atoms with Gasteiger partial charge in [-0.15, -0.1) is 0 Å². The minimum Gasteiger partial charge on any atom is -0.339 e. The van der Waals surface area contributed by atoms with E-state index in [1.165, 1.54) is 0 Å². The molecule has 1 aromatic carbocycles. The topological polar surface area (TPSA) is 29.3 Å². The molecule has 108 valence electrons. The van der Waals surface area contributed by atoms with Crippen molar-refractivity contribution in [3.8, 4) is 11.3 Å². The number of fused-ring (bicyclic) bond motifs is 1. The number of aromatic nitrogens is 2. The Kier molecular flexibility index (Phi) is 3.16. The second-order valence-electron chi connectivity index (χ2n) is 5.17. The second-order valence-corrected chi connectivity index (χ2v) is 5.95. The molecule has 3 nitrogen and oxygen atoms in total. The van der Waals surface area contributed by atoms with Crippen molar-refractivity contribution in [3.63, 3.8) is 0 Å². The number of imidazole rings is 1. The molecule has 0 saturated heterocycles. The Morgan fingerprint density at radius 3 is 2.64 bits per heavy atom. The summed E-state index contributed by atoms with van der Waals surface area (Å²) >= 11 is 1.69. The predicted octanol–water partition coefficient (Wildman–Crippen LogP) is 5.11. The average molecular weight is 305 g/mol. The Hall–Kier alpha value is -2.59. The zero-order valence-corrected chi connectivity index (χ0v) is 13.0. The molecule has 0 aliphatic rings. The summed E-state index contributed by atoms with van der Waals surface area (Å²) in [5, 5.41) is 7.74. The van der Waals surface area contributed by atoms with E-state index in [4.69, 9.17) is 4.98 Å². The van der Waals surface area contributed by atoms with Crippen LogP contribution in [-0.2, 0) is 0 Å². The highest BCUT2D eigenvalue weighted by molar-refractivity contribution is 7.08. The van der Waals surface area contributed by atoms with Crippen molar-refractivity contribution in [1.29, 1.82) is 0 Å². The zero-order chi connectivity index (χ0) is 14.9. The van der Waals surface area contributed by atoms with Gasteiger partial charge in [-0.1, -0.05) is 24.3 Å². The summed E-state index contributed by atoms with van der Waals surface area (Å²) in [6, 6.07) is 18.5. The Balaban J connectivity index is 1.95. The molecule has 4 rings (SSSR count). The average Bonchev–Trinajstić information content (AvgIpc) is 3.17. The van der Waals surface area contributed by atoms with Crippen molar-refractivity contribution in [2.24, 2.45) is 0 Å². The highest BCUT2D eigenvalue weighted by Crippen LogP contribution is 2.33. The van der Waals surface area contributed by atoms with Crippen molar-refractivity contribution in [3.05, 3.63) is 71.1 Å². The first-order valence-electron chi connectivity index (χ1n) is 7.15. The van der Waals surface area contributed by atoms with Gasteiger partial charge in [0, 0.05) is 22.3 Å². The van der Waals surface area contributed by atoms with Gasteiger partial charge in [0.2, 0.25) is 0 Å². The minimum absolute atomic E-state index is 0.958. The maximum absolute atomic E-state index is 4.82. The molecule has 0 spiro atoms. The van der Waals surface area contributed by atoms with E-state index < -0.39 is 0 Å². The monoisotopic (exact) mass is 305 g/mol. The van der Waals surface area contributed by atoms with Gasteiger partial charge in [-0.25, -0.2) is 4.98 Å². The van der Waals surface area contributed by atoms with E-state index in [-0.39, 0.29) is 0 Å². The first-order valence-corrected chi connectivity index (χ1v) is 8.10. The molecule has 3 aromatic heterocycles. The lowest BCUT2D eigenvalue weighted by molar-refractivity contribution is 1.10. The highest BCUT2D eigenvalue weighted by Gasteiger charge is 2.15. The molecule has 0 unspecified atom stereocenters. The highest BCUT2D eigenvalue weighted by atomic mass is 32.1. The van der Waals surface area contributed by atoms with Crippen molar-refractivity contribution in [1.82, 2.24) is 9.38 Å². The van der Waals surface area contributed by atoms with Crippen molar-refractivity contribution in [2.75, 3.05) is 5.32 Å². The van der Waals surface area contributed by atoms with Crippen LogP contribution in [0.1, 0.15) is 5.69 Å². The van der Waals surface area contributed by atoms with Gasteiger partial charge in [0.1, 0.15) is 17.2 Å². The van der Waals surface area contributed by atoms with Gasteiger partial charge in [0.05, 0.1) is 0 Å². The van der Waals surface area contributed by atoms with Gasteiger partial charge in [0.15, 0.2) is 0 Å². The molecule has 1 N–H and O–H groups in total. The lowest BCUT2D eigenvalue weighted by atomic mass is 10.2. The summed E-state index contributed by atoms with van der Waals surface area (Å²) < 4.78 is 2.17. The van der Waals surface area contributed by atoms with E-state index in [2.05, 4.69) is 51.7 Å². The van der Waals surface area contributed by atoms with Crippen LogP contribution in [0.5, 0.6) is 0 Å². The van der Waals surface area contributed by atoms with Crippen LogP contribution in [0.3, 0.4) is 0 Å². The van der Waals surface area contributed by atoms with Crippen molar-refractivity contribution in [2.45, 2.75) is 6.92 Å². The number of para-hydroxylation sites is 1. The van der Waals surface area contributed by atoms with Crippen molar-refractivity contribution < 1.29 is 0 Å². The number of hydrogen-bond acceptors (Lipinski definition) is 3. The van der Waals surface area contributed by atoms with Crippen LogP contribution < -0.4 is 5.32 Å². The number of hydrogen-bond donors (Lipinski definition) is 1. The third kappa shape index (κ3) is 2.18. The van der Waals surface area contributed by atoms with Gasteiger partial charge < -0.3 is 5.32 Å². The fraction of sp³-hybridized carbons (Fsp3) is 0.0556. The molecule has 0 bridgehead atoms. The number of aryl methyl sites for hydroxylation is 1. The molecule has 4 aromatic rings. The quantitative estimate of drug-likeness (QED) is 0.569. The smallest absolute Gasteiger partial charge is 0.143 e. The number of nitrogens with one attached hydrogen (secondary N) is 1. The first-order chi connectivity index (χ1) is 10.8. The third-order valence-corrected chi connectivity index (χ3v) is 4.35. The molecule has 0 amide bonds. The van der Waals surface area contributed by atoms with Gasteiger partial charge in [-0.3, -0.25) is 4.40 Å². The van der Waals surface area contributed by atoms with Crippen LogP contribution in [0, 0.1) is 6.92 Å². The van der Waals surface area contributed by atoms with Gasteiger partial charge in [-0.2, -0.15) is 11.3 Å². The lowest BCUT2D eigenvalue weighted by Crippen LogP contribution is -1.99. The van der Waals surface area contributed by atoms with Crippen LogP contribution in [0.2, 0.25) is 0 Å². The molecule has 0 radical (unpaired) electrons. The zero-order valence-electron chi connectivity index (χ0n) is 12.2. The molecule has 0 saturated carbocycles. The number of pyridine rings is 1. The summed E-state index contributed by atoms with van der Waals surface area (Å²) in [6.07, 6.45) is 0. The van der Waals surface area contributed by atoms with E-state index in [0.29, 0.717) is 0 Å². The molecule has 0 aliphatic heterocycles. The maximum Gasteiger partial charge on any atom is 0.143 e. The molecule has 0 aliphatic carbocycles. The second kappa shape index (κ2) is 5.31. The predicted molar refractivity (Wildman–Crippen MR) is 93.0 cm³/mol. The number of thiophene rings is 1. The molecular formula is C18H15N3S. The lowest BCUT2D eigenvalue weighted by Gasteiger charge is -2.10. The SMILES string of the molecule is Cc1cccc2nc(-c3ccsc3)c(Nc3ccccc3)n12. The Morgan fingerprint density at radius 1 is 1.00 bits per heavy atom. The van der Waals surface area contributed by atoms with E-state index in [1.54, 1.807) is 11.3 Å². The molecule has 3 heterocycles. The largest absolute Gasteiger partial charge is 0.339 e. The summed E-state index contributed by atoms with van der Waals surface area (Å²) in [6.45, 7) is 2.10. The Bertz CT molecular complexity index is 908. The third-order valence-electron chi connectivity index (χ3n) is 3.67. The number of anilines is 2. The normalized spacial score (nSPS) is 11.0. The summed E-state index contributed by atoms with van der Waals surface area (Å²) in [5.74, 6) is 1.01. The van der Waals surface area contributed by atoms with Crippen molar-refractivity contribution >= 4 is 28.5 Å². The number of rotatable bonds is 3. The molecule has 4 heteroatoms. The van der Waals surface area contributed by atoms with E-state index >= 15 is 0 Å². The van der Waals surface area contributed by atoms with Crippen LogP contribution in [0.15, 0.2) is 65.4 Å². The maximum atomic E-state index is 4.82. The summed E-state index contributed by atoms with van der Waals surface area (Å²) in [5.41, 5.74) is 5.31. The van der Waals surface area contributed by atoms with Crippen LogP contribution in [0.25, 0.3) is 16.9 Å². The molecule has 0 atom stereocenters. The fourth-order valence-corrected chi connectivity index (χ4v) is 3.27. The van der Waals surface area contributed by atoms with E-state index in [9.17, 15) is 0 Å². The fourth-order valence-electron chi connectivity index (χ4n) is 2.63. The first kappa shape index (κ1) is 13.1. The van der Waals surface area contributed by atoms with Gasteiger partial charge >= 0.3 is 0 Å². The van der Waals surface area contributed by atoms with Crippen LogP contribution in [-0.4, -0.2) is 9.38 Å². The van der Waals surface area contributed by atoms with E-state index in [0.717, 1.165) is 34.1 Å². The minimum atomic E-state index is 0.958. The standard InChI is InChI=1S/C18H15N3S/c1-13-6-5-9-16-20-17(14-10-11-22-12-14)18(21(13)16)19-15-7-3-2-4-8-15/h2-12,19H,1H3. The number of benzene rings is 1. The Morgan fingerprint density at radius 2 is 1.86 bits per heavy atom. The molecule has 22 heavy (non-hydrogen) atoms. The van der Waals surface area contributed by atoms with E-state index in [1.807, 2.05) is 30.3 Å². The van der Waals surface area contributed by atoms with Gasteiger partial charge in [0.25, 0.3) is 0 Å². The van der Waals surface area contributed by atoms with Crippen LogP contribution in [0.4, 0.5) is 11.5 Å². The number of nitrogens with zero attached hydrogens (tertiary/aromatic N) is 2. The summed E-state index contributed by atoms with van der Waals surface area (Å²) in [4.78, 5) is 4.82. The summed E-state index contributed by atoms with van der Waals surface area (Å²) in [7, 11) is 0. The molecule has 0 fully saturated rings. The Labute approximate surface area is 132 Å². The molecular weight excluding hydrogens is 290 g/mol. The van der Waals surface area contributed by atoms with Gasteiger partial charge in [-0.05, 0) is 42.6 Å².